The maximum Gasteiger partial charge on any atom is 0.251 e. The molecule has 4 rings (SSSR count). The number of rotatable bonds is 16. The van der Waals surface area contributed by atoms with E-state index in [-0.39, 0.29) is 13.0 Å². The number of pyridine rings is 1. The molecule has 10 heteroatoms. The number of aliphatic hydroxyl groups is 1. The Kier molecular flexibility index (Phi) is 12.3. The van der Waals surface area contributed by atoms with Gasteiger partial charge in [-0.05, 0) is 66.6 Å². The Morgan fingerprint density at radius 3 is 2.36 bits per heavy atom. The normalized spacial score (nSPS) is 12.6. The summed E-state index contributed by atoms with van der Waals surface area (Å²) in [5.41, 5.74) is 3.57. The number of carbonyl (C=O) groups excluding carboxylic acids is 1. The summed E-state index contributed by atoms with van der Waals surface area (Å²) in [4.78, 5) is 25.2. The van der Waals surface area contributed by atoms with E-state index in [0.717, 1.165) is 44.0 Å². The molecule has 0 saturated carbocycles. The molecule has 0 bridgehead atoms. The van der Waals surface area contributed by atoms with E-state index in [1.165, 1.54) is 29.0 Å². The van der Waals surface area contributed by atoms with Crippen LogP contribution < -0.4 is 15.5 Å². The molecule has 0 spiro atoms. The summed E-state index contributed by atoms with van der Waals surface area (Å²) in [6.07, 6.45) is 3.43. The number of hydrogen-bond donors (Lipinski definition) is 3. The van der Waals surface area contributed by atoms with E-state index < -0.39 is 29.7 Å². The number of nitrogens with zero attached hydrogens (tertiary/aromatic N) is 3. The number of aromatic nitrogens is 2. The molecule has 2 aromatic heterocycles. The topological polar surface area (TPSA) is 90.4 Å². The van der Waals surface area contributed by atoms with Gasteiger partial charge >= 0.3 is 0 Å². The molecule has 0 fully saturated rings. The molecule has 0 unspecified atom stereocenters. The zero-order valence-electron chi connectivity index (χ0n) is 25.5. The second-order valence-corrected chi connectivity index (χ2v) is 11.8. The highest BCUT2D eigenvalue weighted by Gasteiger charge is 2.24. The average molecular weight is 622 g/mol. The van der Waals surface area contributed by atoms with Crippen molar-refractivity contribution in [2.24, 2.45) is 0 Å². The maximum atomic E-state index is 14.1. The SMILES string of the molecule is CCCN(CCC)c1cc(C(=O)N[C@@H](Cc2cc(F)cc(F)c2)[C@@H](O)CNCc2cccc(CC)c2)cc(-c2nccs2)n1. The minimum Gasteiger partial charge on any atom is -0.390 e. The molecule has 4 aromatic rings. The van der Waals surface area contributed by atoms with Gasteiger partial charge in [-0.1, -0.05) is 45.0 Å². The Morgan fingerprint density at radius 2 is 1.70 bits per heavy atom. The average Bonchev–Trinajstić information content (AvgIpc) is 3.55. The van der Waals surface area contributed by atoms with E-state index in [0.29, 0.717) is 34.2 Å². The van der Waals surface area contributed by atoms with Crippen molar-refractivity contribution < 1.29 is 18.7 Å². The first-order valence-electron chi connectivity index (χ1n) is 15.2. The Hall–Kier alpha value is -3.73. The third-order valence-electron chi connectivity index (χ3n) is 7.28. The lowest BCUT2D eigenvalue weighted by Crippen LogP contribution is -2.48. The van der Waals surface area contributed by atoms with Gasteiger partial charge in [0, 0.05) is 49.4 Å². The van der Waals surface area contributed by atoms with Crippen LogP contribution in [0.2, 0.25) is 0 Å². The molecule has 0 radical (unpaired) electrons. The van der Waals surface area contributed by atoms with Gasteiger partial charge in [0.05, 0.1) is 12.1 Å². The van der Waals surface area contributed by atoms with Crippen molar-refractivity contribution in [1.82, 2.24) is 20.6 Å². The van der Waals surface area contributed by atoms with Gasteiger partial charge in [0.2, 0.25) is 0 Å². The number of aliphatic hydroxyl groups excluding tert-OH is 1. The molecule has 0 aliphatic rings. The summed E-state index contributed by atoms with van der Waals surface area (Å²) in [5.74, 6) is -1.18. The van der Waals surface area contributed by atoms with Crippen LogP contribution in [-0.2, 0) is 19.4 Å². The predicted molar refractivity (Wildman–Crippen MR) is 173 cm³/mol. The number of thiazole rings is 1. The van der Waals surface area contributed by atoms with E-state index in [1.807, 2.05) is 17.5 Å². The van der Waals surface area contributed by atoms with E-state index >= 15 is 0 Å². The largest absolute Gasteiger partial charge is 0.390 e. The van der Waals surface area contributed by atoms with Crippen LogP contribution in [0, 0.1) is 11.6 Å². The van der Waals surface area contributed by atoms with Crippen LogP contribution in [0.1, 0.15) is 60.7 Å². The van der Waals surface area contributed by atoms with E-state index in [4.69, 9.17) is 4.98 Å². The lowest BCUT2D eigenvalue weighted by Gasteiger charge is -2.26. The van der Waals surface area contributed by atoms with Crippen LogP contribution in [0.15, 0.2) is 66.2 Å². The minimum atomic E-state index is -1.05. The van der Waals surface area contributed by atoms with Crippen LogP contribution in [0.3, 0.4) is 0 Å². The standard InChI is InChI=1S/C34H41F2N5O2S/c1-4-11-41(12-5-2)32-19-26(18-30(39-32)34-38-10-13-44-34)33(43)40-29(17-25-15-27(35)20-28(36)16-25)31(42)22-37-21-24-9-7-8-23(6-3)14-24/h7-10,13-16,18-20,29,31,37,42H,4-6,11-12,17,21-22H2,1-3H3,(H,40,43)/t29-,31-/m0/s1. The van der Waals surface area contributed by atoms with Crippen molar-refractivity contribution in [1.29, 1.82) is 0 Å². The number of halogens is 2. The fraction of sp³-hybridized carbons (Fsp3) is 0.382. The number of amides is 1. The first-order valence-corrected chi connectivity index (χ1v) is 16.1. The van der Waals surface area contributed by atoms with Gasteiger partial charge in [0.15, 0.2) is 0 Å². The number of aryl methyl sites for hydroxylation is 1. The summed E-state index contributed by atoms with van der Waals surface area (Å²) < 4.78 is 28.1. The van der Waals surface area contributed by atoms with Crippen molar-refractivity contribution in [3.05, 3.63) is 100 Å². The van der Waals surface area contributed by atoms with Crippen molar-refractivity contribution in [2.75, 3.05) is 24.5 Å². The van der Waals surface area contributed by atoms with Gasteiger partial charge in [-0.3, -0.25) is 4.79 Å². The Bertz CT molecular complexity index is 1470. The Morgan fingerprint density at radius 1 is 0.977 bits per heavy atom. The number of anilines is 1. The number of nitrogens with one attached hydrogen (secondary N) is 2. The molecule has 2 atom stereocenters. The molecule has 0 aliphatic carbocycles. The monoisotopic (exact) mass is 621 g/mol. The first kappa shape index (κ1) is 33.2. The quantitative estimate of drug-likeness (QED) is 0.139. The van der Waals surface area contributed by atoms with Crippen LogP contribution in [0.4, 0.5) is 14.6 Å². The second-order valence-electron chi connectivity index (χ2n) is 10.9. The smallest absolute Gasteiger partial charge is 0.251 e. The highest BCUT2D eigenvalue weighted by molar-refractivity contribution is 7.13. The molecule has 3 N–H and O–H groups in total. The summed E-state index contributed by atoms with van der Waals surface area (Å²) in [7, 11) is 0. The van der Waals surface area contributed by atoms with E-state index in [9.17, 15) is 18.7 Å². The van der Waals surface area contributed by atoms with E-state index in [2.05, 4.69) is 53.4 Å². The first-order chi connectivity index (χ1) is 21.3. The van der Waals surface area contributed by atoms with Gasteiger partial charge in [-0.25, -0.2) is 18.7 Å². The fourth-order valence-corrected chi connectivity index (χ4v) is 5.73. The van der Waals surface area contributed by atoms with Crippen LogP contribution in [-0.4, -0.2) is 52.8 Å². The zero-order valence-corrected chi connectivity index (χ0v) is 26.3. The maximum absolute atomic E-state index is 14.1. The molecule has 7 nitrogen and oxygen atoms in total. The van der Waals surface area contributed by atoms with E-state index in [1.54, 1.807) is 18.3 Å². The Labute approximate surface area is 262 Å². The highest BCUT2D eigenvalue weighted by atomic mass is 32.1. The number of carbonyl (C=O) groups is 1. The molecule has 1 amide bonds. The lowest BCUT2D eigenvalue weighted by molar-refractivity contribution is 0.0830. The van der Waals surface area contributed by atoms with Gasteiger partial charge in [0.1, 0.15) is 28.2 Å². The zero-order chi connectivity index (χ0) is 31.5. The van der Waals surface area contributed by atoms with Crippen LogP contribution in [0.25, 0.3) is 10.7 Å². The highest BCUT2D eigenvalue weighted by Crippen LogP contribution is 2.26. The predicted octanol–water partition coefficient (Wildman–Crippen LogP) is 6.16. The third-order valence-corrected chi connectivity index (χ3v) is 8.07. The van der Waals surface area contributed by atoms with Gasteiger partial charge in [0.25, 0.3) is 5.91 Å². The van der Waals surface area contributed by atoms with Crippen LogP contribution >= 0.6 is 11.3 Å². The molecular formula is C34H41F2N5O2S. The van der Waals surface area contributed by atoms with Crippen LogP contribution in [0.5, 0.6) is 0 Å². The second kappa shape index (κ2) is 16.4. The lowest BCUT2D eigenvalue weighted by atomic mass is 10.00. The van der Waals surface area contributed by atoms with Crippen molar-refractivity contribution in [3.8, 4) is 10.7 Å². The summed E-state index contributed by atoms with van der Waals surface area (Å²) in [6, 6.07) is 14.0. The molecular weight excluding hydrogens is 580 g/mol. The molecule has 0 aliphatic heterocycles. The molecule has 2 aromatic carbocycles. The Balaban J connectivity index is 1.59. The summed E-state index contributed by atoms with van der Waals surface area (Å²) in [5, 5.41) is 20.0. The van der Waals surface area contributed by atoms with Gasteiger partial charge in [-0.2, -0.15) is 0 Å². The molecule has 2 heterocycles. The van der Waals surface area contributed by atoms with Gasteiger partial charge in [-0.15, -0.1) is 11.3 Å². The van der Waals surface area contributed by atoms with Crippen molar-refractivity contribution in [2.45, 2.75) is 65.1 Å². The third kappa shape index (κ3) is 9.38. The molecule has 44 heavy (non-hydrogen) atoms. The summed E-state index contributed by atoms with van der Waals surface area (Å²) >= 11 is 1.43. The minimum absolute atomic E-state index is 0.0314. The van der Waals surface area contributed by atoms with Crippen molar-refractivity contribution in [3.63, 3.8) is 0 Å². The summed E-state index contributed by atoms with van der Waals surface area (Å²) in [6.45, 7) is 8.52. The molecule has 0 saturated heterocycles. The fourth-order valence-electron chi connectivity index (χ4n) is 5.13. The molecule has 234 valence electrons. The van der Waals surface area contributed by atoms with Crippen molar-refractivity contribution >= 4 is 23.1 Å². The number of hydrogen-bond acceptors (Lipinski definition) is 7. The number of benzene rings is 2. The van der Waals surface area contributed by atoms with Gasteiger partial charge < -0.3 is 20.6 Å².